The van der Waals surface area contributed by atoms with Gasteiger partial charge in [-0.1, -0.05) is 23.7 Å². The van der Waals surface area contributed by atoms with Crippen molar-refractivity contribution in [3.63, 3.8) is 0 Å². The van der Waals surface area contributed by atoms with E-state index in [0.29, 0.717) is 33.1 Å². The number of nitrogens with zero attached hydrogens (tertiary/aromatic N) is 2. The first-order chi connectivity index (χ1) is 17.0. The van der Waals surface area contributed by atoms with Crippen molar-refractivity contribution in [2.45, 2.75) is 37.4 Å². The second kappa shape index (κ2) is 10.3. The Kier molecular flexibility index (Phi) is 7.52. The molecule has 4 nitrogen and oxygen atoms in total. The van der Waals surface area contributed by atoms with Crippen LogP contribution < -0.4 is 0 Å². The van der Waals surface area contributed by atoms with Gasteiger partial charge in [0.05, 0.1) is 18.0 Å². The van der Waals surface area contributed by atoms with Gasteiger partial charge in [-0.3, -0.25) is 0 Å². The highest BCUT2D eigenvalue weighted by Crippen LogP contribution is 2.33. The summed E-state index contributed by atoms with van der Waals surface area (Å²) in [7, 11) is 0. The highest BCUT2D eigenvalue weighted by molar-refractivity contribution is 7.98. The van der Waals surface area contributed by atoms with Crippen LogP contribution >= 0.6 is 23.4 Å². The van der Waals surface area contributed by atoms with Crippen molar-refractivity contribution in [1.82, 2.24) is 9.55 Å². The van der Waals surface area contributed by atoms with Crippen LogP contribution in [-0.2, 0) is 18.6 Å². The molecule has 1 heterocycles. The van der Waals surface area contributed by atoms with Gasteiger partial charge in [-0.2, -0.15) is 0 Å². The Hall–Kier alpha value is -2.78. The van der Waals surface area contributed by atoms with Gasteiger partial charge in [-0.15, -0.1) is 11.8 Å². The maximum atomic E-state index is 15.5. The third-order valence-corrected chi connectivity index (χ3v) is 7.00. The number of hydrogen-bond donors (Lipinski definition) is 2. The number of hydrogen-bond acceptors (Lipinski definition) is 4. The molecule has 0 aliphatic carbocycles. The molecule has 0 aliphatic heterocycles. The van der Waals surface area contributed by atoms with E-state index in [2.05, 4.69) is 4.98 Å². The molecule has 0 unspecified atom stereocenters. The Morgan fingerprint density at radius 2 is 1.72 bits per heavy atom. The summed E-state index contributed by atoms with van der Waals surface area (Å²) in [6.07, 6.45) is 3.49. The van der Waals surface area contributed by atoms with E-state index in [0.717, 1.165) is 0 Å². The summed E-state index contributed by atoms with van der Waals surface area (Å²) in [5, 5.41) is 20.2. The smallest absolute Gasteiger partial charge is 0.147 e. The number of rotatable bonds is 7. The van der Waals surface area contributed by atoms with Gasteiger partial charge in [0.2, 0.25) is 0 Å². The van der Waals surface area contributed by atoms with Crippen LogP contribution in [0.3, 0.4) is 0 Å². The Morgan fingerprint density at radius 3 is 2.33 bits per heavy atom. The summed E-state index contributed by atoms with van der Waals surface area (Å²) in [6.45, 7) is 2.71. The molecule has 2 N–H and O–H groups in total. The summed E-state index contributed by atoms with van der Waals surface area (Å²) in [4.78, 5) is 5.08. The molecule has 36 heavy (non-hydrogen) atoms. The second-order valence-corrected chi connectivity index (χ2v) is 10.1. The van der Waals surface area contributed by atoms with Crippen molar-refractivity contribution in [2.75, 3.05) is 6.26 Å². The van der Waals surface area contributed by atoms with Crippen LogP contribution in [0.5, 0.6) is 0 Å². The minimum absolute atomic E-state index is 0.168. The summed E-state index contributed by atoms with van der Waals surface area (Å²) in [5.41, 5.74) is 0.932. The van der Waals surface area contributed by atoms with Gasteiger partial charge in [0.15, 0.2) is 0 Å². The van der Waals surface area contributed by atoms with Crippen molar-refractivity contribution in [1.29, 1.82) is 0 Å². The predicted octanol–water partition coefficient (Wildman–Crippen LogP) is 6.64. The van der Waals surface area contributed by atoms with Gasteiger partial charge in [-0.25, -0.2) is 18.2 Å². The lowest BCUT2D eigenvalue weighted by molar-refractivity contribution is 0.0741. The lowest BCUT2D eigenvalue weighted by Crippen LogP contribution is -2.16. The maximum absolute atomic E-state index is 15.5. The molecule has 0 radical (unpaired) electrons. The molecule has 0 amide bonds. The van der Waals surface area contributed by atoms with Crippen LogP contribution in [-0.4, -0.2) is 26.0 Å². The fraction of sp³-hybridized carbons (Fsp3) is 0.222. The first-order valence-corrected chi connectivity index (χ1v) is 12.6. The molecule has 0 atom stereocenters. The van der Waals surface area contributed by atoms with Crippen molar-refractivity contribution in [2.24, 2.45) is 0 Å². The predicted molar refractivity (Wildman–Crippen MR) is 136 cm³/mol. The molecule has 1 aromatic heterocycles. The highest BCUT2D eigenvalue weighted by atomic mass is 35.5. The van der Waals surface area contributed by atoms with E-state index >= 15 is 4.39 Å². The zero-order valence-electron chi connectivity index (χ0n) is 19.8. The van der Waals surface area contributed by atoms with E-state index in [1.165, 1.54) is 46.7 Å². The number of halogens is 4. The van der Waals surface area contributed by atoms with Gasteiger partial charge in [0.25, 0.3) is 0 Å². The van der Waals surface area contributed by atoms with E-state index in [9.17, 15) is 19.0 Å². The molecule has 0 saturated carbocycles. The Balaban J connectivity index is 1.79. The molecule has 9 heteroatoms. The Bertz CT molecular complexity index is 1430. The van der Waals surface area contributed by atoms with Crippen LogP contribution in [0.25, 0.3) is 16.8 Å². The van der Waals surface area contributed by atoms with E-state index in [4.69, 9.17) is 11.6 Å². The van der Waals surface area contributed by atoms with E-state index in [1.807, 2.05) is 0 Å². The average molecular weight is 533 g/mol. The van der Waals surface area contributed by atoms with Crippen LogP contribution in [0.15, 0.2) is 59.6 Å². The summed E-state index contributed by atoms with van der Waals surface area (Å²) >= 11 is 7.50. The highest BCUT2D eigenvalue weighted by Gasteiger charge is 2.24. The lowest BCUT2D eigenvalue weighted by Gasteiger charge is -2.13. The maximum Gasteiger partial charge on any atom is 0.147 e. The number of imidazole rings is 1. The second-order valence-electron chi connectivity index (χ2n) is 8.85. The number of thioether (sulfide) groups is 1. The van der Waals surface area contributed by atoms with Gasteiger partial charge in [0, 0.05) is 28.1 Å². The zero-order valence-corrected chi connectivity index (χ0v) is 21.4. The Morgan fingerprint density at radius 1 is 1.00 bits per heavy atom. The van der Waals surface area contributed by atoms with Crippen molar-refractivity contribution < 1.29 is 23.4 Å². The third kappa shape index (κ3) is 5.32. The number of aromatic nitrogens is 2. The Labute approximate surface area is 216 Å². The van der Waals surface area contributed by atoms with Crippen molar-refractivity contribution in [3.8, 4) is 16.8 Å². The first kappa shape index (κ1) is 26.3. The van der Waals surface area contributed by atoms with Crippen LogP contribution in [0.2, 0.25) is 5.02 Å². The van der Waals surface area contributed by atoms with Gasteiger partial charge >= 0.3 is 0 Å². The third-order valence-electron chi connectivity index (χ3n) is 5.84. The minimum Gasteiger partial charge on any atom is -0.392 e. The van der Waals surface area contributed by atoms with Gasteiger partial charge in [0.1, 0.15) is 28.9 Å². The van der Waals surface area contributed by atoms with E-state index in [-0.39, 0.29) is 22.7 Å². The summed E-state index contributed by atoms with van der Waals surface area (Å²) in [6, 6.07) is 11.5. The average Bonchev–Trinajstić information content (AvgIpc) is 3.24. The molecule has 0 fully saturated rings. The van der Waals surface area contributed by atoms with Crippen LogP contribution in [0, 0.1) is 17.5 Å². The molecular formula is C27H24ClF3N2O2S. The number of benzene rings is 3. The normalized spacial score (nSPS) is 11.8. The summed E-state index contributed by atoms with van der Waals surface area (Å²) < 4.78 is 45.0. The first-order valence-electron chi connectivity index (χ1n) is 11.0. The molecule has 188 valence electrons. The molecule has 0 aliphatic rings. The van der Waals surface area contributed by atoms with Gasteiger partial charge in [-0.05, 0) is 73.2 Å². The van der Waals surface area contributed by atoms with Gasteiger partial charge < -0.3 is 14.8 Å². The van der Waals surface area contributed by atoms with E-state index in [1.54, 1.807) is 44.5 Å². The molecule has 4 rings (SSSR count). The number of aliphatic hydroxyl groups excluding tert-OH is 1. The topological polar surface area (TPSA) is 58.3 Å². The van der Waals surface area contributed by atoms with Crippen molar-refractivity contribution in [3.05, 3.63) is 99.8 Å². The van der Waals surface area contributed by atoms with Crippen LogP contribution in [0.1, 0.15) is 36.5 Å². The van der Waals surface area contributed by atoms with Crippen LogP contribution in [0.4, 0.5) is 13.2 Å². The monoisotopic (exact) mass is 532 g/mol. The minimum atomic E-state index is -1.29. The summed E-state index contributed by atoms with van der Waals surface area (Å²) in [5.74, 6) is -1.22. The quantitative estimate of drug-likeness (QED) is 0.262. The molecule has 0 saturated heterocycles. The fourth-order valence-electron chi connectivity index (χ4n) is 3.88. The molecule has 4 aromatic rings. The van der Waals surface area contributed by atoms with Crippen molar-refractivity contribution >= 4 is 23.4 Å². The standard InChI is InChI=1S/C27H24ClF3N2O2S/c1-27(2,35)25-13-33(26(32-25)11-16-4-6-18(29)12-20(16)28)23-7-5-15(8-22(23)31)17-9-21(30)19(14-34)24(10-17)36-3/h4-10,12-13,34-35H,11,14H2,1-3H3. The number of aliphatic hydroxyl groups is 2. The largest absolute Gasteiger partial charge is 0.392 e. The fourth-order valence-corrected chi connectivity index (χ4v) is 4.76. The lowest BCUT2D eigenvalue weighted by atomic mass is 10.0. The van der Waals surface area contributed by atoms with E-state index < -0.39 is 29.7 Å². The molecule has 0 bridgehead atoms. The molecular weight excluding hydrogens is 509 g/mol. The molecule has 3 aromatic carbocycles. The molecule has 0 spiro atoms. The zero-order chi connectivity index (χ0) is 26.2. The SMILES string of the molecule is CSc1cc(-c2ccc(-n3cc(C(C)(C)O)nc3Cc3ccc(F)cc3Cl)c(F)c2)cc(F)c1CO.